The molecule has 0 nitrogen and oxygen atoms in total. The van der Waals surface area contributed by atoms with Crippen molar-refractivity contribution in [3.05, 3.63) is 198 Å². The summed E-state index contributed by atoms with van der Waals surface area (Å²) in [7, 11) is 0. The molecule has 0 bridgehead atoms. The van der Waals surface area contributed by atoms with Gasteiger partial charge in [0.2, 0.25) is 0 Å². The van der Waals surface area contributed by atoms with Gasteiger partial charge >= 0.3 is 342 Å². The fourth-order valence-electron chi connectivity index (χ4n) is 8.46. The Hall–Kier alpha value is -3.29. The molecule has 2 aliphatic rings. The smallest absolute Gasteiger partial charge is 0.147 e. The molecule has 0 amide bonds. The third-order valence-electron chi connectivity index (χ3n) is 11.0. The molecule has 56 heavy (non-hydrogen) atoms. The molecular formula is C51H48Cl4Zr. The summed E-state index contributed by atoms with van der Waals surface area (Å²) in [6.45, 7) is 14.1. The van der Waals surface area contributed by atoms with Crippen LogP contribution in [0.25, 0.3) is 33.4 Å². The molecule has 6 aromatic carbocycles. The second-order valence-electron chi connectivity index (χ2n) is 16.8. The van der Waals surface area contributed by atoms with E-state index in [0.29, 0.717) is 0 Å². The first-order chi connectivity index (χ1) is 25.9. The summed E-state index contributed by atoms with van der Waals surface area (Å²) in [6, 6.07) is 49.5. The molecular weight excluding hydrogens is 846 g/mol. The van der Waals surface area contributed by atoms with Crippen molar-refractivity contribution < 1.29 is 21.3 Å². The van der Waals surface area contributed by atoms with Crippen LogP contribution in [-0.2, 0) is 32.1 Å². The van der Waals surface area contributed by atoms with Crippen LogP contribution in [0.15, 0.2) is 155 Å². The van der Waals surface area contributed by atoms with E-state index in [-0.39, 0.29) is 39.3 Å². The standard InChI is InChI=1S/C33H33.C13H8Cl2.C5H5.2ClH.Zr/c1-32(2,3)30-20-26-24(18-28(30)22-13-9-7-10-14-22)17-25-19-29(23-15-11-8-12-16-23)31(21-27(25)26)33(4,5)6;14-12-5-1-10(2-6-12)9-11-3-7-13(15)8-4-11;1-2-4-5-3-1;;;/h7-21H,1-6H3;1-8H;1-3H,4H2;2*1H;. The van der Waals surface area contributed by atoms with Crippen molar-refractivity contribution in [1.29, 1.82) is 0 Å². The monoisotopic (exact) mass is 890 g/mol. The van der Waals surface area contributed by atoms with E-state index in [1.807, 2.05) is 0 Å². The fourth-order valence-corrected chi connectivity index (χ4v) is 17.7. The number of hydrogen-bond acceptors (Lipinski definition) is 0. The van der Waals surface area contributed by atoms with Gasteiger partial charge in [0.25, 0.3) is 0 Å². The quantitative estimate of drug-likeness (QED) is 0.156. The van der Waals surface area contributed by atoms with Gasteiger partial charge in [0.05, 0.1) is 0 Å². The van der Waals surface area contributed by atoms with E-state index in [9.17, 15) is 0 Å². The molecule has 0 spiro atoms. The number of allylic oxidation sites excluding steroid dienone is 4. The number of fused-ring (bicyclic) bond motifs is 3. The molecule has 0 aromatic heterocycles. The topological polar surface area (TPSA) is 0 Å². The molecule has 0 atom stereocenters. The largest absolute Gasteiger partial charge is 0.147 e. The molecule has 5 heteroatoms. The van der Waals surface area contributed by atoms with Crippen molar-refractivity contribution >= 4 is 51.2 Å². The Morgan fingerprint density at radius 3 is 1.30 bits per heavy atom. The average molecular weight is 894 g/mol. The zero-order valence-electron chi connectivity index (χ0n) is 32.8. The molecule has 0 N–H and O–H groups in total. The van der Waals surface area contributed by atoms with Gasteiger partial charge in [0.15, 0.2) is 0 Å². The van der Waals surface area contributed by atoms with Crippen molar-refractivity contribution in [3.8, 4) is 33.4 Å². The van der Waals surface area contributed by atoms with Crippen LogP contribution in [0.1, 0.15) is 85.0 Å². The van der Waals surface area contributed by atoms with Crippen molar-refractivity contribution in [1.82, 2.24) is 0 Å². The van der Waals surface area contributed by atoms with E-state index in [1.54, 1.807) is 3.28 Å². The average Bonchev–Trinajstić information content (AvgIpc) is 3.80. The fraction of sp³-hybridized carbons (Fsp3) is 0.196. The van der Waals surface area contributed by atoms with Crippen LogP contribution in [0, 0.1) is 0 Å². The molecule has 0 heterocycles. The third-order valence-corrected chi connectivity index (χ3v) is 19.8. The maximum absolute atomic E-state index is 6.57. The first-order valence-corrected chi connectivity index (χ1v) is 23.6. The van der Waals surface area contributed by atoms with Gasteiger partial charge in [0, 0.05) is 0 Å². The summed E-state index contributed by atoms with van der Waals surface area (Å²) in [5.74, 6) is 0. The predicted octanol–water partition coefficient (Wildman–Crippen LogP) is 15.6. The van der Waals surface area contributed by atoms with Crippen LogP contribution in [-0.4, -0.2) is 3.21 Å². The minimum Gasteiger partial charge on any atom is -0.147 e. The van der Waals surface area contributed by atoms with E-state index in [4.69, 9.17) is 23.2 Å². The molecule has 8 rings (SSSR count). The molecule has 0 saturated carbocycles. The Labute approximate surface area is 363 Å². The van der Waals surface area contributed by atoms with Gasteiger partial charge in [-0.05, 0) is 0 Å². The molecule has 0 saturated heterocycles. The van der Waals surface area contributed by atoms with Gasteiger partial charge in [-0.15, -0.1) is 24.8 Å². The van der Waals surface area contributed by atoms with Gasteiger partial charge in [-0.3, -0.25) is 0 Å². The summed E-state index contributed by atoms with van der Waals surface area (Å²) >= 11 is 10.1. The first-order valence-electron chi connectivity index (χ1n) is 19.0. The van der Waals surface area contributed by atoms with E-state index in [1.165, 1.54) is 70.0 Å². The summed E-state index contributed by atoms with van der Waals surface area (Å²) in [4.78, 5) is 0. The van der Waals surface area contributed by atoms with Crippen LogP contribution in [0.5, 0.6) is 0 Å². The molecule has 0 aliphatic heterocycles. The van der Waals surface area contributed by atoms with Crippen molar-refractivity contribution in [2.45, 2.75) is 62.4 Å². The van der Waals surface area contributed by atoms with E-state index < -0.39 is 21.3 Å². The van der Waals surface area contributed by atoms with Gasteiger partial charge < -0.3 is 0 Å². The summed E-state index contributed by atoms with van der Waals surface area (Å²) < 4.78 is 3.31. The molecule has 0 radical (unpaired) electrons. The molecule has 284 valence electrons. The predicted molar refractivity (Wildman–Crippen MR) is 244 cm³/mol. The van der Waals surface area contributed by atoms with Crippen molar-refractivity contribution in [2.75, 3.05) is 0 Å². The molecule has 0 fully saturated rings. The third kappa shape index (κ3) is 8.19. The van der Waals surface area contributed by atoms with Crippen LogP contribution in [0.3, 0.4) is 0 Å². The minimum absolute atomic E-state index is 0. The normalized spacial score (nSPS) is 13.3. The number of benzene rings is 6. The van der Waals surface area contributed by atoms with Gasteiger partial charge in [0.1, 0.15) is 0 Å². The van der Waals surface area contributed by atoms with E-state index in [2.05, 4.69) is 193 Å². The Morgan fingerprint density at radius 2 is 0.946 bits per heavy atom. The second kappa shape index (κ2) is 16.9. The summed E-state index contributed by atoms with van der Waals surface area (Å²) in [5.41, 5.74) is 16.1. The summed E-state index contributed by atoms with van der Waals surface area (Å²) in [6.07, 6.45) is 8.06. The number of halogens is 4. The molecule has 0 unspecified atom stereocenters. The van der Waals surface area contributed by atoms with Crippen LogP contribution in [0.2, 0.25) is 10.0 Å². The van der Waals surface area contributed by atoms with Crippen LogP contribution in [0.4, 0.5) is 0 Å². The van der Waals surface area contributed by atoms with Gasteiger partial charge in [-0.1, -0.05) is 0 Å². The van der Waals surface area contributed by atoms with Crippen LogP contribution < -0.4 is 0 Å². The Balaban J connectivity index is 0.00000266. The maximum atomic E-state index is 6.57. The maximum Gasteiger partial charge on any atom is -0.147 e. The Morgan fingerprint density at radius 1 is 0.536 bits per heavy atom. The summed E-state index contributed by atoms with van der Waals surface area (Å²) in [5, 5.41) is 1.50. The second-order valence-corrected chi connectivity index (χ2v) is 23.9. The Bertz CT molecular complexity index is 2310. The van der Waals surface area contributed by atoms with E-state index in [0.717, 1.165) is 16.5 Å². The van der Waals surface area contributed by atoms with Crippen LogP contribution >= 0.6 is 48.0 Å². The number of rotatable bonds is 6. The molecule has 6 aromatic rings. The Kier molecular flexibility index (Phi) is 12.8. The number of hydrogen-bond donors (Lipinski definition) is 0. The first kappa shape index (κ1) is 42.3. The van der Waals surface area contributed by atoms with Gasteiger partial charge in [-0.2, -0.15) is 0 Å². The van der Waals surface area contributed by atoms with Crippen molar-refractivity contribution in [3.63, 3.8) is 0 Å². The van der Waals surface area contributed by atoms with E-state index >= 15 is 0 Å². The van der Waals surface area contributed by atoms with Gasteiger partial charge in [-0.25, -0.2) is 0 Å². The zero-order chi connectivity index (χ0) is 37.8. The minimum atomic E-state index is -3.02. The zero-order valence-corrected chi connectivity index (χ0v) is 38.4. The molecule has 2 aliphatic carbocycles. The SMILES string of the molecule is CC(C)(C)c1cc2c(cc1-c1ccccc1)[CH]([Zr]([C]1=CC=CC1)=[C](c1ccc(Cl)cc1)c1ccc(Cl)cc1)c1cc(-c3ccccc3)c(C(C)(C)C)cc1-2.Cl.Cl. The van der Waals surface area contributed by atoms with Crippen molar-refractivity contribution in [2.24, 2.45) is 0 Å².